The lowest BCUT2D eigenvalue weighted by Crippen LogP contribution is -2.29. The molecule has 1 unspecified atom stereocenters. The molecule has 0 aliphatic heterocycles. The number of para-hydroxylation sites is 1. The number of hydrogen-bond donors (Lipinski definition) is 1. The van der Waals surface area contributed by atoms with Crippen molar-refractivity contribution in [3.8, 4) is 16.9 Å². The first-order chi connectivity index (χ1) is 12.6. The Kier molecular flexibility index (Phi) is 5.37. The standard InChI is InChI=1S/C21H23N3O2/c1-4-18(19-13-14-22-24(19)2)23-21(25)16-11-9-15(10-12-16)17-7-5-6-8-20(17)26-3/h5-14,18H,4H2,1-3H3,(H,23,25). The maximum Gasteiger partial charge on any atom is 0.251 e. The molecule has 134 valence electrons. The monoisotopic (exact) mass is 349 g/mol. The minimum Gasteiger partial charge on any atom is -0.496 e. The van der Waals surface area contributed by atoms with E-state index in [9.17, 15) is 4.79 Å². The van der Waals surface area contributed by atoms with Crippen LogP contribution in [0.2, 0.25) is 0 Å². The number of amides is 1. The fourth-order valence-corrected chi connectivity index (χ4v) is 3.04. The highest BCUT2D eigenvalue weighted by Crippen LogP contribution is 2.29. The molecule has 3 rings (SSSR count). The summed E-state index contributed by atoms with van der Waals surface area (Å²) in [6, 6.07) is 17.3. The highest BCUT2D eigenvalue weighted by atomic mass is 16.5. The number of aryl methyl sites for hydroxylation is 1. The third kappa shape index (κ3) is 3.61. The molecule has 1 amide bonds. The van der Waals surface area contributed by atoms with Crippen LogP contribution in [0.25, 0.3) is 11.1 Å². The minimum atomic E-state index is -0.0929. The molecule has 3 aromatic rings. The molecule has 0 aliphatic carbocycles. The molecule has 1 atom stereocenters. The van der Waals surface area contributed by atoms with Crippen LogP contribution in [0.3, 0.4) is 0 Å². The van der Waals surface area contributed by atoms with Gasteiger partial charge in [0.1, 0.15) is 5.75 Å². The maximum atomic E-state index is 12.6. The third-order valence-corrected chi connectivity index (χ3v) is 4.49. The molecular formula is C21H23N3O2. The van der Waals surface area contributed by atoms with Gasteiger partial charge >= 0.3 is 0 Å². The van der Waals surface area contributed by atoms with Gasteiger partial charge in [0.2, 0.25) is 0 Å². The molecule has 5 heteroatoms. The zero-order chi connectivity index (χ0) is 18.5. The molecule has 0 saturated heterocycles. The first-order valence-electron chi connectivity index (χ1n) is 8.66. The normalized spacial score (nSPS) is 11.8. The quantitative estimate of drug-likeness (QED) is 0.732. The molecule has 1 N–H and O–H groups in total. The summed E-state index contributed by atoms with van der Waals surface area (Å²) in [7, 11) is 3.54. The molecule has 1 aromatic heterocycles. The number of ether oxygens (including phenoxy) is 1. The van der Waals surface area contributed by atoms with Gasteiger partial charge in [0, 0.05) is 24.4 Å². The van der Waals surface area contributed by atoms with E-state index < -0.39 is 0 Å². The van der Waals surface area contributed by atoms with Crippen molar-refractivity contribution in [2.24, 2.45) is 7.05 Å². The lowest BCUT2D eigenvalue weighted by atomic mass is 10.0. The molecule has 0 radical (unpaired) electrons. The summed E-state index contributed by atoms with van der Waals surface area (Å²) in [6.07, 6.45) is 2.54. The Morgan fingerprint density at radius 1 is 1.15 bits per heavy atom. The van der Waals surface area contributed by atoms with E-state index in [4.69, 9.17) is 4.74 Å². The highest BCUT2D eigenvalue weighted by Gasteiger charge is 2.17. The molecule has 0 aliphatic rings. The number of carbonyl (C=O) groups excluding carboxylic acids is 1. The predicted molar refractivity (Wildman–Crippen MR) is 102 cm³/mol. The molecule has 26 heavy (non-hydrogen) atoms. The van der Waals surface area contributed by atoms with Gasteiger partial charge in [-0.2, -0.15) is 5.10 Å². The average Bonchev–Trinajstić information content (AvgIpc) is 3.11. The summed E-state index contributed by atoms with van der Waals surface area (Å²) in [5, 5.41) is 7.26. The van der Waals surface area contributed by atoms with Crippen LogP contribution in [-0.2, 0) is 7.05 Å². The number of hydrogen-bond acceptors (Lipinski definition) is 3. The number of aromatic nitrogens is 2. The van der Waals surface area contributed by atoms with Crippen molar-refractivity contribution in [2.75, 3.05) is 7.11 Å². The van der Waals surface area contributed by atoms with E-state index in [0.717, 1.165) is 29.0 Å². The van der Waals surface area contributed by atoms with E-state index in [0.29, 0.717) is 5.56 Å². The van der Waals surface area contributed by atoms with E-state index >= 15 is 0 Å². The van der Waals surface area contributed by atoms with E-state index in [2.05, 4.69) is 10.4 Å². The van der Waals surface area contributed by atoms with Crippen molar-refractivity contribution in [1.29, 1.82) is 0 Å². The van der Waals surface area contributed by atoms with E-state index in [1.54, 1.807) is 18.0 Å². The zero-order valence-corrected chi connectivity index (χ0v) is 15.3. The molecular weight excluding hydrogens is 326 g/mol. The smallest absolute Gasteiger partial charge is 0.251 e. The van der Waals surface area contributed by atoms with Crippen LogP contribution < -0.4 is 10.1 Å². The number of rotatable bonds is 6. The third-order valence-electron chi connectivity index (χ3n) is 4.49. The molecule has 2 aromatic carbocycles. The van der Waals surface area contributed by atoms with E-state index in [-0.39, 0.29) is 11.9 Å². The second kappa shape index (κ2) is 7.87. The lowest BCUT2D eigenvalue weighted by molar-refractivity contribution is 0.0934. The summed E-state index contributed by atoms with van der Waals surface area (Å²) in [5.74, 6) is 0.719. The number of nitrogens with zero attached hydrogens (tertiary/aromatic N) is 2. The Labute approximate surface area is 153 Å². The van der Waals surface area contributed by atoms with Gasteiger partial charge in [0.05, 0.1) is 18.8 Å². The fourth-order valence-electron chi connectivity index (χ4n) is 3.04. The summed E-state index contributed by atoms with van der Waals surface area (Å²) < 4.78 is 7.20. The van der Waals surface area contributed by atoms with Gasteiger partial charge in [0.15, 0.2) is 0 Å². The first kappa shape index (κ1) is 17.7. The van der Waals surface area contributed by atoms with Crippen molar-refractivity contribution in [3.63, 3.8) is 0 Å². The number of methoxy groups -OCH3 is 1. The minimum absolute atomic E-state index is 0.0658. The van der Waals surface area contributed by atoms with Crippen molar-refractivity contribution in [1.82, 2.24) is 15.1 Å². The summed E-state index contributed by atoms with van der Waals surface area (Å²) >= 11 is 0. The van der Waals surface area contributed by atoms with Gasteiger partial charge in [-0.3, -0.25) is 9.48 Å². The topological polar surface area (TPSA) is 56.1 Å². The lowest BCUT2D eigenvalue weighted by Gasteiger charge is -2.17. The van der Waals surface area contributed by atoms with Crippen LogP contribution in [0, 0.1) is 0 Å². The molecule has 0 spiro atoms. The predicted octanol–water partition coefficient (Wildman–Crippen LogP) is 3.98. The summed E-state index contributed by atoms with van der Waals surface area (Å²) in [5.41, 5.74) is 3.64. The maximum absolute atomic E-state index is 12.6. The molecule has 0 fully saturated rings. The average molecular weight is 349 g/mol. The van der Waals surface area contributed by atoms with Gasteiger partial charge in [-0.25, -0.2) is 0 Å². The van der Waals surface area contributed by atoms with Crippen LogP contribution in [0.4, 0.5) is 0 Å². The fraction of sp³-hybridized carbons (Fsp3) is 0.238. The van der Waals surface area contributed by atoms with Gasteiger partial charge < -0.3 is 10.1 Å². The SMILES string of the molecule is CCC(NC(=O)c1ccc(-c2ccccc2OC)cc1)c1ccnn1C. The van der Waals surface area contributed by atoms with Gasteiger partial charge in [-0.1, -0.05) is 37.3 Å². The Morgan fingerprint density at radius 2 is 1.88 bits per heavy atom. The largest absolute Gasteiger partial charge is 0.496 e. The van der Waals surface area contributed by atoms with Crippen LogP contribution in [0.15, 0.2) is 60.8 Å². The van der Waals surface area contributed by atoms with Crippen molar-refractivity contribution in [2.45, 2.75) is 19.4 Å². The Hall–Kier alpha value is -3.08. The second-order valence-corrected chi connectivity index (χ2v) is 6.09. The Morgan fingerprint density at radius 3 is 2.50 bits per heavy atom. The second-order valence-electron chi connectivity index (χ2n) is 6.09. The Balaban J connectivity index is 1.78. The zero-order valence-electron chi connectivity index (χ0n) is 15.3. The van der Waals surface area contributed by atoms with Crippen LogP contribution >= 0.6 is 0 Å². The van der Waals surface area contributed by atoms with Crippen molar-refractivity contribution in [3.05, 3.63) is 72.1 Å². The van der Waals surface area contributed by atoms with Gasteiger partial charge in [-0.05, 0) is 36.2 Å². The van der Waals surface area contributed by atoms with Crippen molar-refractivity contribution >= 4 is 5.91 Å². The van der Waals surface area contributed by atoms with E-state index in [1.165, 1.54) is 0 Å². The van der Waals surface area contributed by atoms with Crippen LogP contribution in [0.5, 0.6) is 5.75 Å². The molecule has 5 nitrogen and oxygen atoms in total. The molecule has 0 saturated carbocycles. The van der Waals surface area contributed by atoms with Crippen LogP contribution in [0.1, 0.15) is 35.4 Å². The number of carbonyl (C=O) groups is 1. The first-order valence-corrected chi connectivity index (χ1v) is 8.66. The van der Waals surface area contributed by atoms with Crippen LogP contribution in [-0.4, -0.2) is 22.8 Å². The number of nitrogens with one attached hydrogen (secondary N) is 1. The molecule has 1 heterocycles. The van der Waals surface area contributed by atoms with Crippen molar-refractivity contribution < 1.29 is 9.53 Å². The highest BCUT2D eigenvalue weighted by molar-refractivity contribution is 5.95. The van der Waals surface area contributed by atoms with E-state index in [1.807, 2.05) is 68.6 Å². The van der Waals surface area contributed by atoms with Gasteiger partial charge in [-0.15, -0.1) is 0 Å². The number of benzene rings is 2. The van der Waals surface area contributed by atoms with Gasteiger partial charge in [0.25, 0.3) is 5.91 Å². The summed E-state index contributed by atoms with van der Waals surface area (Å²) in [4.78, 5) is 12.6. The summed E-state index contributed by atoms with van der Waals surface area (Å²) in [6.45, 7) is 2.04. The molecule has 0 bridgehead atoms. The Bertz CT molecular complexity index is 884.